The molecular formula is C11H17N3O4S. The minimum Gasteiger partial charge on any atom is -0.480 e. The number of fused-ring (bicyclic) bond motifs is 1. The summed E-state index contributed by atoms with van der Waals surface area (Å²) < 4.78 is 28.1. The van der Waals surface area contributed by atoms with E-state index in [0.717, 1.165) is 31.0 Å². The molecule has 0 bridgehead atoms. The molecule has 1 aliphatic rings. The number of aliphatic carboxylic acids is 1. The molecule has 1 aromatic rings. The van der Waals surface area contributed by atoms with Crippen molar-refractivity contribution < 1.29 is 18.3 Å². The lowest BCUT2D eigenvalue weighted by Crippen LogP contribution is -2.40. The summed E-state index contributed by atoms with van der Waals surface area (Å²) in [6, 6.07) is -0.385. The number of aromatic nitrogens is 2. The highest BCUT2D eigenvalue weighted by Gasteiger charge is 2.33. The van der Waals surface area contributed by atoms with Crippen molar-refractivity contribution in [2.75, 3.05) is 0 Å². The summed E-state index contributed by atoms with van der Waals surface area (Å²) in [5.74, 6) is -1.35. The van der Waals surface area contributed by atoms with Crippen LogP contribution in [0.5, 0.6) is 0 Å². The van der Waals surface area contributed by atoms with Gasteiger partial charge in [-0.2, -0.15) is 5.10 Å². The number of carboxylic acid groups (broad SMARTS) is 1. The number of hydrogen-bond acceptors (Lipinski definition) is 4. The van der Waals surface area contributed by atoms with Crippen molar-refractivity contribution in [1.82, 2.24) is 14.5 Å². The van der Waals surface area contributed by atoms with Crippen LogP contribution >= 0.6 is 0 Å². The lowest BCUT2D eigenvalue weighted by Gasteiger charge is -2.24. The molecule has 0 radical (unpaired) electrons. The summed E-state index contributed by atoms with van der Waals surface area (Å²) in [6.07, 6.45) is 4.01. The summed E-state index contributed by atoms with van der Waals surface area (Å²) in [5, 5.41) is 11.5. The molecule has 1 heterocycles. The molecule has 0 saturated heterocycles. The van der Waals surface area contributed by atoms with Gasteiger partial charge < -0.3 is 5.11 Å². The zero-order valence-electron chi connectivity index (χ0n) is 10.8. The van der Waals surface area contributed by atoms with Crippen LogP contribution in [0.3, 0.4) is 0 Å². The maximum Gasteiger partial charge on any atom is 0.323 e. The number of sulfonamides is 1. The molecule has 0 fully saturated rings. The Morgan fingerprint density at radius 2 is 2.32 bits per heavy atom. The molecule has 2 unspecified atom stereocenters. The lowest BCUT2D eigenvalue weighted by molar-refractivity contribution is -0.136. The Bertz CT molecular complexity index is 593. The van der Waals surface area contributed by atoms with Crippen molar-refractivity contribution in [2.24, 2.45) is 7.05 Å². The van der Waals surface area contributed by atoms with Gasteiger partial charge in [-0.05, 0) is 26.2 Å². The molecule has 0 amide bonds. The fourth-order valence-corrected chi connectivity index (χ4v) is 3.37. The molecule has 0 aromatic carbocycles. The lowest BCUT2D eigenvalue weighted by atomic mass is 9.94. The molecule has 2 N–H and O–H groups in total. The Balaban J connectivity index is 2.24. The Labute approximate surface area is 111 Å². The van der Waals surface area contributed by atoms with E-state index in [2.05, 4.69) is 9.82 Å². The van der Waals surface area contributed by atoms with Gasteiger partial charge in [-0.1, -0.05) is 0 Å². The van der Waals surface area contributed by atoms with Crippen molar-refractivity contribution in [3.8, 4) is 0 Å². The zero-order valence-corrected chi connectivity index (χ0v) is 11.6. The first-order chi connectivity index (χ1) is 8.83. The van der Waals surface area contributed by atoms with E-state index in [-0.39, 0.29) is 6.04 Å². The van der Waals surface area contributed by atoms with Crippen LogP contribution in [-0.4, -0.2) is 34.5 Å². The van der Waals surface area contributed by atoms with Crippen LogP contribution in [0.15, 0.2) is 6.20 Å². The molecule has 106 valence electrons. The van der Waals surface area contributed by atoms with Gasteiger partial charge in [0.05, 0.1) is 12.2 Å². The molecule has 8 heteroatoms. The van der Waals surface area contributed by atoms with Gasteiger partial charge in [0.15, 0.2) is 5.25 Å². The van der Waals surface area contributed by atoms with Crippen LogP contribution in [0.1, 0.15) is 37.1 Å². The van der Waals surface area contributed by atoms with E-state index in [0.29, 0.717) is 6.42 Å². The van der Waals surface area contributed by atoms with Crippen LogP contribution in [0.2, 0.25) is 0 Å². The molecule has 19 heavy (non-hydrogen) atoms. The molecule has 0 saturated carbocycles. The second-order valence-electron chi connectivity index (χ2n) is 4.76. The van der Waals surface area contributed by atoms with Gasteiger partial charge in [-0.3, -0.25) is 9.48 Å². The molecule has 7 nitrogen and oxygen atoms in total. The number of carbonyl (C=O) groups is 1. The fraction of sp³-hybridized carbons (Fsp3) is 0.636. The van der Waals surface area contributed by atoms with E-state index in [9.17, 15) is 13.2 Å². The SMILES string of the molecule is CC(C(=O)O)S(=O)(=O)NC1CCCc2c1cnn2C. The number of nitrogens with zero attached hydrogens (tertiary/aromatic N) is 2. The second-order valence-corrected chi connectivity index (χ2v) is 6.79. The van der Waals surface area contributed by atoms with Gasteiger partial charge in [-0.15, -0.1) is 0 Å². The van der Waals surface area contributed by atoms with Crippen molar-refractivity contribution in [3.05, 3.63) is 17.5 Å². The third-order valence-electron chi connectivity index (χ3n) is 3.50. The Kier molecular flexibility index (Phi) is 3.64. The molecule has 2 rings (SSSR count). The maximum absolute atomic E-state index is 11.9. The van der Waals surface area contributed by atoms with E-state index < -0.39 is 21.2 Å². The highest BCUT2D eigenvalue weighted by Crippen LogP contribution is 2.30. The first kappa shape index (κ1) is 14.0. The normalized spacial score (nSPS) is 20.8. The van der Waals surface area contributed by atoms with Gasteiger partial charge in [0, 0.05) is 18.3 Å². The molecule has 1 aliphatic carbocycles. The summed E-state index contributed by atoms with van der Waals surface area (Å²) in [4.78, 5) is 10.8. The predicted octanol–water partition coefficient (Wildman–Crippen LogP) is 0.190. The second kappa shape index (κ2) is 4.93. The molecule has 1 aromatic heterocycles. The molecule has 2 atom stereocenters. The predicted molar refractivity (Wildman–Crippen MR) is 68.0 cm³/mol. The van der Waals surface area contributed by atoms with Crippen molar-refractivity contribution in [2.45, 2.75) is 37.5 Å². The van der Waals surface area contributed by atoms with Gasteiger partial charge in [-0.25, -0.2) is 13.1 Å². The Morgan fingerprint density at radius 1 is 1.63 bits per heavy atom. The highest BCUT2D eigenvalue weighted by atomic mass is 32.2. The first-order valence-corrected chi connectivity index (χ1v) is 7.62. The average molecular weight is 287 g/mol. The first-order valence-electron chi connectivity index (χ1n) is 6.07. The van der Waals surface area contributed by atoms with E-state index in [4.69, 9.17) is 5.11 Å². The summed E-state index contributed by atoms with van der Waals surface area (Å²) >= 11 is 0. The summed E-state index contributed by atoms with van der Waals surface area (Å²) in [7, 11) is -2.06. The number of nitrogens with one attached hydrogen (secondary N) is 1. The topological polar surface area (TPSA) is 101 Å². The standard InChI is InChI=1S/C11H17N3O4S/c1-7(11(15)16)19(17,18)13-9-4-3-5-10-8(9)6-12-14(10)2/h6-7,9,13H,3-5H2,1-2H3,(H,15,16). The minimum atomic E-state index is -3.88. The third kappa shape index (κ3) is 2.64. The van der Waals surface area contributed by atoms with Crippen molar-refractivity contribution in [3.63, 3.8) is 0 Å². The molecule has 0 aliphatic heterocycles. The quantitative estimate of drug-likeness (QED) is 0.823. The van der Waals surface area contributed by atoms with Crippen LogP contribution in [0, 0.1) is 0 Å². The smallest absolute Gasteiger partial charge is 0.323 e. The monoisotopic (exact) mass is 287 g/mol. The van der Waals surface area contributed by atoms with E-state index >= 15 is 0 Å². The third-order valence-corrected chi connectivity index (χ3v) is 5.24. The number of hydrogen-bond donors (Lipinski definition) is 2. The Morgan fingerprint density at radius 3 is 2.95 bits per heavy atom. The zero-order chi connectivity index (χ0) is 14.2. The number of rotatable bonds is 4. The molecular weight excluding hydrogens is 270 g/mol. The minimum absolute atomic E-state index is 0.385. The van der Waals surface area contributed by atoms with E-state index in [1.54, 1.807) is 10.9 Å². The van der Waals surface area contributed by atoms with Crippen LogP contribution in [0.25, 0.3) is 0 Å². The summed E-state index contributed by atoms with van der Waals surface area (Å²) in [6.45, 7) is 1.16. The van der Waals surface area contributed by atoms with Gasteiger partial charge >= 0.3 is 5.97 Å². The van der Waals surface area contributed by atoms with Crippen LogP contribution < -0.4 is 4.72 Å². The Hall–Kier alpha value is -1.41. The average Bonchev–Trinajstić information content (AvgIpc) is 2.71. The van der Waals surface area contributed by atoms with Crippen molar-refractivity contribution >= 4 is 16.0 Å². The largest absolute Gasteiger partial charge is 0.480 e. The number of aryl methyl sites for hydroxylation is 1. The van der Waals surface area contributed by atoms with Crippen LogP contribution in [-0.2, 0) is 28.3 Å². The van der Waals surface area contributed by atoms with Gasteiger partial charge in [0.1, 0.15) is 0 Å². The highest BCUT2D eigenvalue weighted by molar-refractivity contribution is 7.90. The van der Waals surface area contributed by atoms with E-state index in [1.807, 2.05) is 7.05 Å². The van der Waals surface area contributed by atoms with Gasteiger partial charge in [0.25, 0.3) is 0 Å². The van der Waals surface area contributed by atoms with E-state index in [1.165, 1.54) is 0 Å². The van der Waals surface area contributed by atoms with Gasteiger partial charge in [0.2, 0.25) is 10.0 Å². The maximum atomic E-state index is 11.9. The molecule has 0 spiro atoms. The fourth-order valence-electron chi connectivity index (χ4n) is 2.26. The van der Waals surface area contributed by atoms with Crippen LogP contribution in [0.4, 0.5) is 0 Å². The number of carboxylic acids is 1. The van der Waals surface area contributed by atoms with Crippen molar-refractivity contribution in [1.29, 1.82) is 0 Å². The summed E-state index contributed by atoms with van der Waals surface area (Å²) in [5.41, 5.74) is 1.84.